The van der Waals surface area contributed by atoms with E-state index in [0.29, 0.717) is 28.5 Å². The molecule has 54 heavy (non-hydrogen) atoms. The summed E-state index contributed by atoms with van der Waals surface area (Å²) in [6, 6.07) is 4.39. The highest BCUT2D eigenvalue weighted by molar-refractivity contribution is 7.91. The lowest BCUT2D eigenvalue weighted by molar-refractivity contribution is -0.157. The van der Waals surface area contributed by atoms with Gasteiger partial charge < -0.3 is 40.9 Å². The number of carbonyl (C=O) groups is 4. The Morgan fingerprint density at radius 2 is 1.70 bits per heavy atom. The van der Waals surface area contributed by atoms with Crippen molar-refractivity contribution in [2.45, 2.75) is 114 Å². The maximum Gasteiger partial charge on any atom is 0.347 e. The van der Waals surface area contributed by atoms with Crippen LogP contribution in [0, 0.1) is 23.6 Å². The first-order chi connectivity index (χ1) is 25.3. The van der Waals surface area contributed by atoms with Crippen molar-refractivity contribution in [3.8, 4) is 0 Å². The van der Waals surface area contributed by atoms with E-state index in [4.69, 9.17) is 5.73 Å². The number of sulfone groups is 1. The molecule has 1 aromatic heterocycles. The molecule has 7 N–H and O–H groups in total. The van der Waals surface area contributed by atoms with Gasteiger partial charge in [-0.1, -0.05) is 44.2 Å². The third-order valence-electron chi connectivity index (χ3n) is 10.1. The van der Waals surface area contributed by atoms with E-state index in [1.54, 1.807) is 4.57 Å². The molecule has 2 aliphatic rings. The number of aliphatic hydroxyl groups is 2. The number of nitrogens with one attached hydrogen (secondary N) is 1. The van der Waals surface area contributed by atoms with Crippen LogP contribution < -0.4 is 11.1 Å². The number of amides is 2. The number of halogens is 1. The number of nitrogens with zero attached hydrogens (tertiary/aromatic N) is 3. The molecule has 2 amide bonds. The largest absolute Gasteiger partial charge is 0.480 e. The second-order valence-corrected chi connectivity index (χ2v) is 17.8. The van der Waals surface area contributed by atoms with Gasteiger partial charge in [0.25, 0.3) is 0 Å². The lowest BCUT2D eigenvalue weighted by Crippen LogP contribution is -2.58. The molecule has 5 atom stereocenters. The number of hydrogen-bond acceptors (Lipinski definition) is 10. The molecular weight excluding hydrogens is 725 g/mol. The van der Waals surface area contributed by atoms with Crippen LogP contribution in [0.2, 0.25) is 0 Å². The molecular formula is C37H54FN5O10S. The Hall–Kier alpha value is -3.93. The zero-order valence-electron chi connectivity index (χ0n) is 30.8. The van der Waals surface area contributed by atoms with E-state index in [9.17, 15) is 52.4 Å². The first-order valence-electron chi connectivity index (χ1n) is 18.5. The van der Waals surface area contributed by atoms with Crippen molar-refractivity contribution in [3.05, 3.63) is 53.9 Å². The van der Waals surface area contributed by atoms with E-state index in [-0.39, 0.29) is 18.8 Å². The normalized spacial score (nSPS) is 18.3. The molecule has 2 fully saturated rings. The fraction of sp³-hybridized carbons (Fsp3) is 0.649. The van der Waals surface area contributed by atoms with Gasteiger partial charge in [0, 0.05) is 23.9 Å². The maximum absolute atomic E-state index is 13.7. The monoisotopic (exact) mass is 779 g/mol. The van der Waals surface area contributed by atoms with Gasteiger partial charge >= 0.3 is 11.9 Å². The summed E-state index contributed by atoms with van der Waals surface area (Å²) >= 11 is 0. The zero-order chi connectivity index (χ0) is 39.8. The number of imidazole rings is 1. The Kier molecular flexibility index (Phi) is 14.7. The molecule has 300 valence electrons. The molecule has 1 aromatic carbocycles. The minimum atomic E-state index is -4.01. The summed E-state index contributed by atoms with van der Waals surface area (Å²) in [7, 11) is -4.01. The average Bonchev–Trinajstić information content (AvgIpc) is 3.84. The molecule has 0 spiro atoms. The first kappa shape index (κ1) is 42.8. The lowest BCUT2D eigenvalue weighted by Gasteiger charge is -2.33. The molecule has 0 bridgehead atoms. The highest BCUT2D eigenvalue weighted by Crippen LogP contribution is 2.39. The quantitative estimate of drug-likeness (QED) is 0.0998. The molecule has 2 aliphatic carbocycles. The van der Waals surface area contributed by atoms with Crippen molar-refractivity contribution in [2.75, 3.05) is 18.1 Å². The van der Waals surface area contributed by atoms with Crippen LogP contribution in [0.5, 0.6) is 0 Å². The van der Waals surface area contributed by atoms with E-state index in [2.05, 4.69) is 10.3 Å². The van der Waals surface area contributed by atoms with E-state index < -0.39 is 99.8 Å². The summed E-state index contributed by atoms with van der Waals surface area (Å²) in [5, 5.41) is 44.3. The lowest BCUT2D eigenvalue weighted by atomic mass is 9.82. The number of aliphatic carboxylic acids is 2. The van der Waals surface area contributed by atoms with Crippen molar-refractivity contribution >= 4 is 33.6 Å². The van der Waals surface area contributed by atoms with E-state index in [1.807, 2.05) is 0 Å². The van der Waals surface area contributed by atoms with Crippen molar-refractivity contribution < 1.29 is 52.4 Å². The Morgan fingerprint density at radius 1 is 1.06 bits per heavy atom. The van der Waals surface area contributed by atoms with E-state index in [0.717, 1.165) is 57.1 Å². The molecule has 0 unspecified atom stereocenters. The second-order valence-electron chi connectivity index (χ2n) is 15.7. The number of carbonyl (C=O) groups excluding carboxylic acids is 2. The predicted molar refractivity (Wildman–Crippen MR) is 195 cm³/mol. The summed E-state index contributed by atoms with van der Waals surface area (Å²) < 4.78 is 41.5. The molecule has 2 saturated carbocycles. The van der Waals surface area contributed by atoms with Crippen LogP contribution in [0.3, 0.4) is 0 Å². The van der Waals surface area contributed by atoms with Crippen LogP contribution in [-0.4, -0.2) is 109 Å². The molecule has 17 heteroatoms. The number of rotatable bonds is 21. The average molecular weight is 780 g/mol. The number of aliphatic hydroxyl groups excluding tert-OH is 2. The van der Waals surface area contributed by atoms with Gasteiger partial charge in [-0.15, -0.1) is 0 Å². The smallest absolute Gasteiger partial charge is 0.347 e. The molecule has 1 heterocycles. The highest BCUT2D eigenvalue weighted by atomic mass is 32.2. The number of benzene rings is 1. The van der Waals surface area contributed by atoms with Crippen LogP contribution in [0.15, 0.2) is 36.8 Å². The van der Waals surface area contributed by atoms with Crippen LogP contribution in [0.25, 0.3) is 0 Å². The third-order valence-corrected chi connectivity index (χ3v) is 12.2. The number of hydrogen-bond donors (Lipinski definition) is 6. The van der Waals surface area contributed by atoms with Crippen molar-refractivity contribution in [1.29, 1.82) is 0 Å². The Morgan fingerprint density at radius 3 is 2.28 bits per heavy atom. The molecule has 15 nitrogen and oxygen atoms in total. The minimum Gasteiger partial charge on any atom is -0.480 e. The van der Waals surface area contributed by atoms with Gasteiger partial charge in [-0.2, -0.15) is 0 Å². The molecule has 4 rings (SSSR count). The fourth-order valence-corrected chi connectivity index (χ4v) is 9.52. The van der Waals surface area contributed by atoms with Crippen LogP contribution in [0.4, 0.5) is 4.39 Å². The van der Waals surface area contributed by atoms with Gasteiger partial charge in [0.05, 0.1) is 35.9 Å². The summed E-state index contributed by atoms with van der Waals surface area (Å²) in [5.41, 5.74) is 5.64. The molecule has 0 radical (unpaired) electrons. The van der Waals surface area contributed by atoms with Crippen LogP contribution >= 0.6 is 0 Å². The molecule has 2 aromatic rings. The van der Waals surface area contributed by atoms with Crippen LogP contribution in [-0.2, 0) is 41.9 Å². The number of carboxylic acids is 2. The van der Waals surface area contributed by atoms with Crippen molar-refractivity contribution in [1.82, 2.24) is 19.8 Å². The van der Waals surface area contributed by atoms with Crippen molar-refractivity contribution in [3.63, 3.8) is 0 Å². The third kappa shape index (κ3) is 12.8. The summed E-state index contributed by atoms with van der Waals surface area (Å²) in [5.74, 6) is -8.28. The summed E-state index contributed by atoms with van der Waals surface area (Å²) in [4.78, 5) is 56.6. The van der Waals surface area contributed by atoms with Gasteiger partial charge in [-0.3, -0.25) is 14.4 Å². The second kappa shape index (κ2) is 18.6. The highest BCUT2D eigenvalue weighted by Gasteiger charge is 2.40. The van der Waals surface area contributed by atoms with Gasteiger partial charge in [-0.25, -0.2) is 22.6 Å². The number of nitrogens with two attached hydrogens (primary N) is 1. The first-order valence-corrected chi connectivity index (χ1v) is 20.3. The summed E-state index contributed by atoms with van der Waals surface area (Å²) in [6.07, 6.45) is 5.56. The number of aryl methyl sites for hydroxylation is 1. The predicted octanol–water partition coefficient (Wildman–Crippen LogP) is 2.05. The topological polar surface area (TPSA) is 242 Å². The van der Waals surface area contributed by atoms with Crippen molar-refractivity contribution in [2.24, 2.45) is 23.5 Å². The fourth-order valence-electron chi connectivity index (χ4n) is 7.39. The summed E-state index contributed by atoms with van der Waals surface area (Å²) in [6.45, 7) is 1.87. The number of carboxylic acid groups (broad SMARTS) is 2. The van der Waals surface area contributed by atoms with E-state index >= 15 is 0 Å². The minimum absolute atomic E-state index is 0.00181. The molecule has 0 saturated heterocycles. The standard InChI is InChI=1S/C37H54FN5O10S/c1-37(2,39)21-54(52,53)20-26(16-24-8-12-27(38)13-9-24)35(49)41-34(36(50)51)42(19-31(45)46)30(44)15-14-28-18-40-22-43(28)29(17-23-6-4-3-5-7-23)33(48)32(47)25-10-11-25/h8-9,12-13,18,22-23,25-26,29,32-34,47-48H,3-7,10-11,14-17,19-21,39H2,1-2H3,(H,41,49)(H,45,46)(H,50,51)/t26-,29+,32+,33-,34+/m1/s1. The molecule has 0 aliphatic heterocycles. The Balaban J connectivity index is 1.55. The Labute approximate surface area is 315 Å². The van der Waals surface area contributed by atoms with Crippen LogP contribution in [0.1, 0.15) is 88.9 Å². The van der Waals surface area contributed by atoms with Gasteiger partial charge in [0.1, 0.15) is 18.5 Å². The van der Waals surface area contributed by atoms with Gasteiger partial charge in [0.15, 0.2) is 9.84 Å². The van der Waals surface area contributed by atoms with Gasteiger partial charge in [-0.05, 0) is 75.5 Å². The number of aromatic nitrogens is 2. The Bertz CT molecular complexity index is 1700. The zero-order valence-corrected chi connectivity index (χ0v) is 31.7. The maximum atomic E-state index is 13.7. The SMILES string of the molecule is CC(C)(N)CS(=O)(=O)C[C@@H](Cc1ccc(F)cc1)C(=O)N[C@H](C(=O)O)N(CC(=O)O)C(=O)CCc1cncn1[C@@H](CC1CCCCC1)[C@@H](O)[C@@H](O)C1CC1. The van der Waals surface area contributed by atoms with Gasteiger partial charge in [0.2, 0.25) is 18.0 Å². The van der Waals surface area contributed by atoms with E-state index in [1.165, 1.54) is 38.5 Å².